The van der Waals surface area contributed by atoms with E-state index in [1.807, 2.05) is 42.0 Å². The van der Waals surface area contributed by atoms with Crippen LogP contribution < -0.4 is 9.64 Å². The number of benzene rings is 2. The van der Waals surface area contributed by atoms with Crippen LogP contribution in [-0.4, -0.2) is 68.1 Å². The molecule has 1 aliphatic heterocycles. The SMILES string of the molecule is CC(C(=O)N1CCN(c2ccccc2)CC1)N(C)CCOc1ccccc1F. The number of nitrogens with zero attached hydrogens (tertiary/aromatic N) is 3. The number of para-hydroxylation sites is 2. The number of halogens is 1. The lowest BCUT2D eigenvalue weighted by Crippen LogP contribution is -2.54. The molecule has 0 bridgehead atoms. The van der Waals surface area contributed by atoms with Crippen LogP contribution in [0.25, 0.3) is 0 Å². The number of anilines is 1. The smallest absolute Gasteiger partial charge is 0.239 e. The van der Waals surface area contributed by atoms with Crippen molar-refractivity contribution < 1.29 is 13.9 Å². The first-order valence-corrected chi connectivity index (χ1v) is 9.72. The van der Waals surface area contributed by atoms with Crippen LogP contribution in [0.3, 0.4) is 0 Å². The number of carbonyl (C=O) groups is 1. The first-order chi connectivity index (χ1) is 13.6. The largest absolute Gasteiger partial charge is 0.489 e. The van der Waals surface area contributed by atoms with Gasteiger partial charge in [-0.3, -0.25) is 9.69 Å². The summed E-state index contributed by atoms with van der Waals surface area (Å²) in [6.45, 7) is 5.90. The molecule has 1 amide bonds. The number of piperazine rings is 1. The van der Waals surface area contributed by atoms with Crippen LogP contribution in [0.15, 0.2) is 54.6 Å². The van der Waals surface area contributed by atoms with Gasteiger partial charge in [0.25, 0.3) is 0 Å². The molecule has 5 nitrogen and oxygen atoms in total. The van der Waals surface area contributed by atoms with Crippen LogP contribution >= 0.6 is 0 Å². The summed E-state index contributed by atoms with van der Waals surface area (Å²) in [5.74, 6) is -0.00131. The van der Waals surface area contributed by atoms with Gasteiger partial charge in [0.05, 0.1) is 6.04 Å². The molecular weight excluding hydrogens is 357 g/mol. The number of ether oxygens (including phenoxy) is 1. The standard InChI is InChI=1S/C22H28FN3O2/c1-18(24(2)16-17-28-21-11-7-6-10-20(21)23)22(27)26-14-12-25(13-15-26)19-8-4-3-5-9-19/h3-11,18H,12-17H2,1-2H3. The van der Waals surface area contributed by atoms with Gasteiger partial charge in [0.1, 0.15) is 6.61 Å². The van der Waals surface area contributed by atoms with Gasteiger partial charge in [0.15, 0.2) is 11.6 Å². The molecule has 0 N–H and O–H groups in total. The Kier molecular flexibility index (Phi) is 6.87. The maximum atomic E-state index is 13.6. The van der Waals surface area contributed by atoms with Crippen molar-refractivity contribution in [2.75, 3.05) is 51.3 Å². The second kappa shape index (κ2) is 9.55. The van der Waals surface area contributed by atoms with Crippen LogP contribution in [0.2, 0.25) is 0 Å². The normalized spacial score (nSPS) is 15.6. The Hall–Kier alpha value is -2.60. The lowest BCUT2D eigenvalue weighted by atomic mass is 10.2. The second-order valence-corrected chi connectivity index (χ2v) is 7.08. The summed E-state index contributed by atoms with van der Waals surface area (Å²) in [6.07, 6.45) is 0. The Morgan fingerprint density at radius 3 is 2.39 bits per heavy atom. The highest BCUT2D eigenvalue weighted by molar-refractivity contribution is 5.81. The topological polar surface area (TPSA) is 36.0 Å². The zero-order valence-corrected chi connectivity index (χ0v) is 16.6. The van der Waals surface area contributed by atoms with Gasteiger partial charge in [0, 0.05) is 38.4 Å². The average molecular weight is 385 g/mol. The molecule has 1 atom stereocenters. The quantitative estimate of drug-likeness (QED) is 0.734. The monoisotopic (exact) mass is 385 g/mol. The number of amides is 1. The molecule has 0 aromatic heterocycles. The molecule has 1 fully saturated rings. The lowest BCUT2D eigenvalue weighted by Gasteiger charge is -2.38. The summed E-state index contributed by atoms with van der Waals surface area (Å²) in [5.41, 5.74) is 1.20. The van der Waals surface area contributed by atoms with Crippen LogP contribution in [0, 0.1) is 5.82 Å². The minimum atomic E-state index is -0.370. The molecule has 0 saturated carbocycles. The highest BCUT2D eigenvalue weighted by Crippen LogP contribution is 2.17. The zero-order chi connectivity index (χ0) is 19.9. The highest BCUT2D eigenvalue weighted by Gasteiger charge is 2.27. The second-order valence-electron chi connectivity index (χ2n) is 7.08. The summed E-state index contributed by atoms with van der Waals surface area (Å²) in [4.78, 5) is 19.0. The molecule has 1 saturated heterocycles. The molecule has 0 aliphatic carbocycles. The van der Waals surface area contributed by atoms with Gasteiger partial charge in [-0.25, -0.2) is 4.39 Å². The van der Waals surface area contributed by atoms with Crippen LogP contribution in [0.5, 0.6) is 5.75 Å². The summed E-state index contributed by atoms with van der Waals surface area (Å²) >= 11 is 0. The Labute approximate surface area is 166 Å². The Balaban J connectivity index is 1.44. The number of carbonyl (C=O) groups excluding carboxylic acids is 1. The summed E-state index contributed by atoms with van der Waals surface area (Å²) in [5, 5.41) is 0. The molecular formula is C22H28FN3O2. The molecule has 1 unspecified atom stereocenters. The van der Waals surface area contributed by atoms with Crippen molar-refractivity contribution in [3.05, 3.63) is 60.4 Å². The van der Waals surface area contributed by atoms with Gasteiger partial charge in [-0.1, -0.05) is 30.3 Å². The van der Waals surface area contributed by atoms with Crippen molar-refractivity contribution >= 4 is 11.6 Å². The van der Waals surface area contributed by atoms with Crippen molar-refractivity contribution in [1.29, 1.82) is 0 Å². The fourth-order valence-corrected chi connectivity index (χ4v) is 3.33. The van der Waals surface area contributed by atoms with E-state index in [2.05, 4.69) is 17.0 Å². The third kappa shape index (κ3) is 5.01. The van der Waals surface area contributed by atoms with Gasteiger partial charge < -0.3 is 14.5 Å². The number of rotatable bonds is 7. The third-order valence-corrected chi connectivity index (χ3v) is 5.27. The van der Waals surface area contributed by atoms with E-state index < -0.39 is 0 Å². The van der Waals surface area contributed by atoms with E-state index in [-0.39, 0.29) is 23.5 Å². The number of hydrogen-bond acceptors (Lipinski definition) is 4. The third-order valence-electron chi connectivity index (χ3n) is 5.27. The van der Waals surface area contributed by atoms with Gasteiger partial charge >= 0.3 is 0 Å². The molecule has 3 rings (SSSR count). The van der Waals surface area contributed by atoms with Gasteiger partial charge in [-0.05, 0) is 38.2 Å². The summed E-state index contributed by atoms with van der Waals surface area (Å²) < 4.78 is 19.1. The molecule has 1 aliphatic rings. The van der Waals surface area contributed by atoms with E-state index in [1.165, 1.54) is 11.8 Å². The molecule has 28 heavy (non-hydrogen) atoms. The molecule has 1 heterocycles. The first-order valence-electron chi connectivity index (χ1n) is 9.72. The van der Waals surface area contributed by atoms with Crippen LogP contribution in [0.1, 0.15) is 6.92 Å². The first kappa shape index (κ1) is 20.1. The molecule has 2 aromatic rings. The molecule has 6 heteroatoms. The van der Waals surface area contributed by atoms with E-state index >= 15 is 0 Å². The Bertz CT molecular complexity index is 763. The van der Waals surface area contributed by atoms with E-state index in [9.17, 15) is 9.18 Å². The minimum Gasteiger partial charge on any atom is -0.489 e. The van der Waals surface area contributed by atoms with Gasteiger partial charge in [-0.2, -0.15) is 0 Å². The van der Waals surface area contributed by atoms with Crippen LogP contribution in [0.4, 0.5) is 10.1 Å². The Morgan fingerprint density at radius 2 is 1.71 bits per heavy atom. The van der Waals surface area contributed by atoms with E-state index in [4.69, 9.17) is 4.74 Å². The minimum absolute atomic E-state index is 0.126. The molecule has 2 aromatic carbocycles. The summed E-state index contributed by atoms with van der Waals surface area (Å²) in [7, 11) is 1.90. The lowest BCUT2D eigenvalue weighted by molar-refractivity contribution is -0.136. The van der Waals surface area contributed by atoms with Crippen molar-refractivity contribution in [2.45, 2.75) is 13.0 Å². The summed E-state index contributed by atoms with van der Waals surface area (Å²) in [6, 6.07) is 16.4. The van der Waals surface area contributed by atoms with Crippen molar-refractivity contribution in [3.63, 3.8) is 0 Å². The van der Waals surface area contributed by atoms with E-state index in [0.717, 1.165) is 26.2 Å². The fraction of sp³-hybridized carbons (Fsp3) is 0.409. The maximum absolute atomic E-state index is 13.6. The van der Waals surface area contributed by atoms with Gasteiger partial charge in [0.2, 0.25) is 5.91 Å². The Morgan fingerprint density at radius 1 is 1.07 bits per heavy atom. The van der Waals surface area contributed by atoms with E-state index in [1.54, 1.807) is 18.2 Å². The highest BCUT2D eigenvalue weighted by atomic mass is 19.1. The average Bonchev–Trinajstić information content (AvgIpc) is 2.74. The van der Waals surface area contributed by atoms with Crippen molar-refractivity contribution in [2.24, 2.45) is 0 Å². The van der Waals surface area contributed by atoms with Crippen LogP contribution in [-0.2, 0) is 4.79 Å². The molecule has 150 valence electrons. The zero-order valence-electron chi connectivity index (χ0n) is 16.6. The van der Waals surface area contributed by atoms with Crippen molar-refractivity contribution in [1.82, 2.24) is 9.80 Å². The molecule has 0 radical (unpaired) electrons. The number of likely N-dealkylation sites (N-methyl/N-ethyl adjacent to an activating group) is 1. The fourth-order valence-electron chi connectivity index (χ4n) is 3.33. The predicted molar refractivity (Wildman–Crippen MR) is 109 cm³/mol. The maximum Gasteiger partial charge on any atom is 0.239 e. The predicted octanol–water partition coefficient (Wildman–Crippen LogP) is 2.87. The van der Waals surface area contributed by atoms with Gasteiger partial charge in [-0.15, -0.1) is 0 Å². The van der Waals surface area contributed by atoms with Crippen molar-refractivity contribution in [3.8, 4) is 5.75 Å². The van der Waals surface area contributed by atoms with E-state index in [0.29, 0.717) is 13.2 Å². The number of hydrogen-bond donors (Lipinski definition) is 0. The molecule has 0 spiro atoms.